The zero-order valence-electron chi connectivity index (χ0n) is 12.3. The molecule has 1 aromatic rings. The molecule has 1 aliphatic rings. The molecule has 110 valence electrons. The maximum atomic E-state index is 12.0. The van der Waals surface area contributed by atoms with Crippen LogP contribution in [0.2, 0.25) is 0 Å². The number of carbonyl (C=O) groups is 2. The number of carbonyl (C=O) groups excluding carboxylic acids is 2. The van der Waals surface area contributed by atoms with Gasteiger partial charge in [0.1, 0.15) is 6.04 Å². The standard InChI is InChI=1S/C13H20N4O3/c1-8(2)7-20-13(19)11-9(3)17(15-14-11)10-5-6-16(4)12(10)18/h8,10H,5-7H2,1-4H3. The number of amides is 1. The van der Waals surface area contributed by atoms with Crippen molar-refractivity contribution in [3.8, 4) is 0 Å². The second-order valence-electron chi connectivity index (χ2n) is 5.52. The first kappa shape index (κ1) is 14.5. The van der Waals surface area contributed by atoms with Crippen LogP contribution >= 0.6 is 0 Å². The molecule has 0 N–H and O–H groups in total. The van der Waals surface area contributed by atoms with E-state index < -0.39 is 5.97 Å². The minimum absolute atomic E-state index is 0.0000905. The van der Waals surface area contributed by atoms with Gasteiger partial charge in [-0.3, -0.25) is 4.79 Å². The third kappa shape index (κ3) is 2.66. The maximum absolute atomic E-state index is 12.0. The van der Waals surface area contributed by atoms with Gasteiger partial charge in [-0.25, -0.2) is 9.48 Å². The summed E-state index contributed by atoms with van der Waals surface area (Å²) in [6.45, 7) is 6.69. The topological polar surface area (TPSA) is 77.3 Å². The summed E-state index contributed by atoms with van der Waals surface area (Å²) in [6.07, 6.45) is 0.681. The van der Waals surface area contributed by atoms with Crippen molar-refractivity contribution in [2.45, 2.75) is 33.2 Å². The third-order valence-corrected chi connectivity index (χ3v) is 3.36. The van der Waals surface area contributed by atoms with Gasteiger partial charge >= 0.3 is 5.97 Å². The average Bonchev–Trinajstić information content (AvgIpc) is 2.92. The van der Waals surface area contributed by atoms with Crippen LogP contribution in [0.1, 0.15) is 42.5 Å². The average molecular weight is 280 g/mol. The zero-order valence-corrected chi connectivity index (χ0v) is 12.3. The van der Waals surface area contributed by atoms with Crippen molar-refractivity contribution in [1.29, 1.82) is 0 Å². The smallest absolute Gasteiger partial charge is 0.360 e. The van der Waals surface area contributed by atoms with Crippen LogP contribution in [0.3, 0.4) is 0 Å². The maximum Gasteiger partial charge on any atom is 0.360 e. The van der Waals surface area contributed by atoms with E-state index in [2.05, 4.69) is 10.3 Å². The number of esters is 1. The number of ether oxygens (including phenoxy) is 1. The Bertz CT molecular complexity index is 524. The molecule has 1 amide bonds. The first-order valence-corrected chi connectivity index (χ1v) is 6.75. The molecule has 0 spiro atoms. The molecule has 1 unspecified atom stereocenters. The predicted octanol–water partition coefficient (Wildman–Crippen LogP) is 0.803. The van der Waals surface area contributed by atoms with Gasteiger partial charge in [0, 0.05) is 13.6 Å². The fourth-order valence-corrected chi connectivity index (χ4v) is 2.17. The first-order valence-electron chi connectivity index (χ1n) is 6.75. The molecule has 1 atom stereocenters. The van der Waals surface area contributed by atoms with E-state index in [1.54, 1.807) is 18.9 Å². The molecule has 2 heterocycles. The van der Waals surface area contributed by atoms with E-state index in [-0.39, 0.29) is 23.6 Å². The summed E-state index contributed by atoms with van der Waals surface area (Å²) in [5.74, 6) is -0.222. The third-order valence-electron chi connectivity index (χ3n) is 3.36. The molecule has 0 bridgehead atoms. The fourth-order valence-electron chi connectivity index (χ4n) is 2.17. The summed E-state index contributed by atoms with van der Waals surface area (Å²) in [5.41, 5.74) is 0.764. The van der Waals surface area contributed by atoms with E-state index in [1.807, 2.05) is 13.8 Å². The molecule has 20 heavy (non-hydrogen) atoms. The Kier molecular flexibility index (Phi) is 4.06. The van der Waals surface area contributed by atoms with Gasteiger partial charge in [-0.2, -0.15) is 0 Å². The van der Waals surface area contributed by atoms with Crippen molar-refractivity contribution in [2.75, 3.05) is 20.2 Å². The minimum atomic E-state index is -0.485. The van der Waals surface area contributed by atoms with Crippen LogP contribution in [0, 0.1) is 12.8 Å². The highest BCUT2D eigenvalue weighted by Gasteiger charge is 2.33. The van der Waals surface area contributed by atoms with Crippen LogP contribution in [-0.2, 0) is 9.53 Å². The predicted molar refractivity (Wildman–Crippen MR) is 71.2 cm³/mol. The Morgan fingerprint density at radius 1 is 1.50 bits per heavy atom. The lowest BCUT2D eigenvalue weighted by Crippen LogP contribution is -2.25. The van der Waals surface area contributed by atoms with Crippen LogP contribution in [-0.4, -0.2) is 52.0 Å². The molecule has 0 radical (unpaired) electrons. The molecule has 1 fully saturated rings. The lowest BCUT2D eigenvalue weighted by Gasteiger charge is -2.11. The molecule has 0 saturated carbocycles. The number of likely N-dealkylation sites (tertiary alicyclic amines) is 1. The Hall–Kier alpha value is -1.92. The Morgan fingerprint density at radius 2 is 2.20 bits per heavy atom. The van der Waals surface area contributed by atoms with E-state index in [1.165, 1.54) is 4.68 Å². The van der Waals surface area contributed by atoms with E-state index in [0.717, 1.165) is 0 Å². The Morgan fingerprint density at radius 3 is 2.75 bits per heavy atom. The molecule has 1 aromatic heterocycles. The Balaban J connectivity index is 2.15. The fraction of sp³-hybridized carbons (Fsp3) is 0.692. The van der Waals surface area contributed by atoms with Gasteiger partial charge in [0.2, 0.25) is 5.91 Å². The van der Waals surface area contributed by atoms with Gasteiger partial charge in [-0.05, 0) is 19.3 Å². The molecule has 0 aromatic carbocycles. The summed E-state index contributed by atoms with van der Waals surface area (Å²) in [6, 6.07) is -0.362. The van der Waals surface area contributed by atoms with Crippen LogP contribution in [0.15, 0.2) is 0 Å². The first-order chi connectivity index (χ1) is 9.41. The number of hydrogen-bond acceptors (Lipinski definition) is 5. The number of hydrogen-bond donors (Lipinski definition) is 0. The van der Waals surface area contributed by atoms with Crippen molar-refractivity contribution in [3.05, 3.63) is 11.4 Å². The van der Waals surface area contributed by atoms with E-state index in [4.69, 9.17) is 4.74 Å². The number of nitrogens with zero attached hydrogens (tertiary/aromatic N) is 4. The monoisotopic (exact) mass is 280 g/mol. The van der Waals surface area contributed by atoms with Gasteiger partial charge in [-0.1, -0.05) is 19.1 Å². The van der Waals surface area contributed by atoms with Crippen molar-refractivity contribution >= 4 is 11.9 Å². The number of rotatable bonds is 4. The summed E-state index contributed by atoms with van der Waals surface area (Å²) >= 11 is 0. The molecule has 1 aliphatic heterocycles. The molecule has 7 nitrogen and oxygen atoms in total. The molecule has 1 saturated heterocycles. The number of likely N-dealkylation sites (N-methyl/N-ethyl adjacent to an activating group) is 1. The summed E-state index contributed by atoms with van der Waals surface area (Å²) in [4.78, 5) is 25.5. The van der Waals surface area contributed by atoms with E-state index in [9.17, 15) is 9.59 Å². The van der Waals surface area contributed by atoms with Crippen molar-refractivity contribution < 1.29 is 14.3 Å². The Labute approximate surface area is 117 Å². The van der Waals surface area contributed by atoms with Crippen molar-refractivity contribution in [1.82, 2.24) is 19.9 Å². The summed E-state index contributed by atoms with van der Waals surface area (Å²) in [7, 11) is 1.76. The highest BCUT2D eigenvalue weighted by Crippen LogP contribution is 2.23. The SMILES string of the molecule is Cc1c(C(=O)OCC(C)C)nnn1C1CCN(C)C1=O. The minimum Gasteiger partial charge on any atom is -0.461 e. The van der Waals surface area contributed by atoms with Gasteiger partial charge in [0.25, 0.3) is 0 Å². The van der Waals surface area contributed by atoms with Crippen LogP contribution in [0.5, 0.6) is 0 Å². The quantitative estimate of drug-likeness (QED) is 0.762. The lowest BCUT2D eigenvalue weighted by atomic mass is 10.2. The zero-order chi connectivity index (χ0) is 14.9. The van der Waals surface area contributed by atoms with E-state index in [0.29, 0.717) is 25.3 Å². The molecular formula is C13H20N4O3. The lowest BCUT2D eigenvalue weighted by molar-refractivity contribution is -0.129. The van der Waals surface area contributed by atoms with Gasteiger partial charge in [0.05, 0.1) is 12.3 Å². The van der Waals surface area contributed by atoms with Crippen LogP contribution < -0.4 is 0 Å². The second-order valence-corrected chi connectivity index (χ2v) is 5.52. The highest BCUT2D eigenvalue weighted by molar-refractivity contribution is 5.88. The summed E-state index contributed by atoms with van der Waals surface area (Å²) in [5, 5.41) is 7.81. The highest BCUT2D eigenvalue weighted by atomic mass is 16.5. The van der Waals surface area contributed by atoms with Gasteiger partial charge in [-0.15, -0.1) is 5.10 Å². The van der Waals surface area contributed by atoms with Gasteiger partial charge in [0.15, 0.2) is 5.69 Å². The molecule has 2 rings (SSSR count). The molecular weight excluding hydrogens is 260 g/mol. The largest absolute Gasteiger partial charge is 0.461 e. The van der Waals surface area contributed by atoms with Crippen molar-refractivity contribution in [3.63, 3.8) is 0 Å². The summed E-state index contributed by atoms with van der Waals surface area (Å²) < 4.78 is 6.67. The van der Waals surface area contributed by atoms with Gasteiger partial charge < -0.3 is 9.64 Å². The van der Waals surface area contributed by atoms with Crippen LogP contribution in [0.4, 0.5) is 0 Å². The number of aromatic nitrogens is 3. The normalized spacial score (nSPS) is 18.9. The molecule has 0 aliphatic carbocycles. The van der Waals surface area contributed by atoms with E-state index >= 15 is 0 Å². The molecule has 7 heteroatoms. The van der Waals surface area contributed by atoms with Crippen molar-refractivity contribution in [2.24, 2.45) is 5.92 Å². The van der Waals surface area contributed by atoms with Crippen LogP contribution in [0.25, 0.3) is 0 Å². The second kappa shape index (κ2) is 5.60.